The average Bonchev–Trinajstić information content (AvgIpc) is 2.99. The Morgan fingerprint density at radius 2 is 2.21 bits per heavy atom. The fourth-order valence-corrected chi connectivity index (χ4v) is 3.69. The summed E-state index contributed by atoms with van der Waals surface area (Å²) in [7, 11) is -3.74. The van der Waals surface area contributed by atoms with Crippen molar-refractivity contribution in [2.24, 2.45) is 5.73 Å². The van der Waals surface area contributed by atoms with Gasteiger partial charge < -0.3 is 10.2 Å². The fourth-order valence-electron chi connectivity index (χ4n) is 1.57. The topological polar surface area (TPSA) is 98.2 Å². The van der Waals surface area contributed by atoms with Crippen LogP contribution in [0.3, 0.4) is 0 Å². The first-order valence-electron chi connectivity index (χ1n) is 5.58. The van der Waals surface area contributed by atoms with Crippen molar-refractivity contribution in [3.63, 3.8) is 0 Å². The molecule has 0 saturated heterocycles. The largest absolute Gasteiger partial charge is 0.447 e. The van der Waals surface area contributed by atoms with Gasteiger partial charge in [0.25, 0.3) is 10.0 Å². The van der Waals surface area contributed by atoms with Gasteiger partial charge in [0.05, 0.1) is 12.1 Å². The van der Waals surface area contributed by atoms with Gasteiger partial charge in [-0.05, 0) is 26.0 Å². The third kappa shape index (κ3) is 3.03. The van der Waals surface area contributed by atoms with Crippen LogP contribution < -0.4 is 10.5 Å². The van der Waals surface area contributed by atoms with Crippen molar-refractivity contribution in [3.8, 4) is 0 Å². The van der Waals surface area contributed by atoms with Gasteiger partial charge in [-0.25, -0.2) is 13.4 Å². The average molecular weight is 301 g/mol. The molecule has 0 radical (unpaired) electrons. The number of nitrogens with two attached hydrogens (primary N) is 1. The van der Waals surface area contributed by atoms with Crippen LogP contribution in [0.15, 0.2) is 33.2 Å². The Kier molecular flexibility index (Phi) is 3.77. The lowest BCUT2D eigenvalue weighted by atomic mass is 10.1. The molecule has 0 aliphatic heterocycles. The molecule has 3 N–H and O–H groups in total. The van der Waals surface area contributed by atoms with Crippen LogP contribution in [0.5, 0.6) is 0 Å². The molecule has 0 aliphatic carbocycles. The van der Waals surface area contributed by atoms with Crippen LogP contribution in [0, 0.1) is 0 Å². The zero-order chi connectivity index (χ0) is 14.1. The van der Waals surface area contributed by atoms with Gasteiger partial charge >= 0.3 is 0 Å². The summed E-state index contributed by atoms with van der Waals surface area (Å²) >= 11 is 1.39. The summed E-state index contributed by atoms with van der Waals surface area (Å²) in [4.78, 5) is 4.13. The third-order valence-electron chi connectivity index (χ3n) is 2.46. The van der Waals surface area contributed by atoms with Crippen molar-refractivity contribution >= 4 is 21.4 Å². The van der Waals surface area contributed by atoms with Crippen molar-refractivity contribution in [1.29, 1.82) is 0 Å². The summed E-state index contributed by atoms with van der Waals surface area (Å²) < 4.78 is 32.1. The summed E-state index contributed by atoms with van der Waals surface area (Å²) in [6.07, 6.45) is 1.63. The van der Waals surface area contributed by atoms with Gasteiger partial charge in [-0.2, -0.15) is 4.72 Å². The zero-order valence-electron chi connectivity index (χ0n) is 10.6. The first-order valence-corrected chi connectivity index (χ1v) is 7.94. The minimum Gasteiger partial charge on any atom is -0.447 e. The second-order valence-electron chi connectivity index (χ2n) is 4.49. The molecule has 0 atom stereocenters. The van der Waals surface area contributed by atoms with E-state index in [1.54, 1.807) is 31.5 Å². The number of rotatable bonds is 5. The second-order valence-corrected chi connectivity index (χ2v) is 7.00. The molecule has 2 rings (SSSR count). The van der Waals surface area contributed by atoms with E-state index in [2.05, 4.69) is 9.71 Å². The first-order chi connectivity index (χ1) is 8.85. The standard InChI is InChI=1S/C11H15N3O3S2/c1-11(2,10-13-5-6-18-10)14-19(15,16)9-4-3-8(7-12)17-9/h3-6,14H,7,12H2,1-2H3. The molecule has 0 fully saturated rings. The molecule has 2 aromatic heterocycles. The maximum Gasteiger partial charge on any atom is 0.274 e. The number of nitrogens with zero attached hydrogens (tertiary/aromatic N) is 1. The Balaban J connectivity index is 2.26. The highest BCUT2D eigenvalue weighted by atomic mass is 32.2. The van der Waals surface area contributed by atoms with Crippen LogP contribution in [-0.2, 0) is 22.1 Å². The summed E-state index contributed by atoms with van der Waals surface area (Å²) in [5, 5.41) is 2.34. The van der Waals surface area contributed by atoms with Crippen molar-refractivity contribution in [1.82, 2.24) is 9.71 Å². The molecule has 0 saturated carbocycles. The van der Waals surface area contributed by atoms with Crippen molar-refractivity contribution in [3.05, 3.63) is 34.5 Å². The number of nitrogens with one attached hydrogen (secondary N) is 1. The summed E-state index contributed by atoms with van der Waals surface area (Å²) in [6, 6.07) is 2.94. The lowest BCUT2D eigenvalue weighted by molar-refractivity contribution is 0.399. The van der Waals surface area contributed by atoms with Crippen molar-refractivity contribution < 1.29 is 12.8 Å². The number of aromatic nitrogens is 1. The molecule has 104 valence electrons. The number of sulfonamides is 1. The Hall–Kier alpha value is -1.22. The van der Waals surface area contributed by atoms with E-state index in [0.717, 1.165) is 0 Å². The van der Waals surface area contributed by atoms with Gasteiger partial charge in [0.2, 0.25) is 5.09 Å². The van der Waals surface area contributed by atoms with Crippen LogP contribution in [0.2, 0.25) is 0 Å². The van der Waals surface area contributed by atoms with Crippen LogP contribution >= 0.6 is 11.3 Å². The predicted molar refractivity (Wildman–Crippen MR) is 72.1 cm³/mol. The molecule has 6 nitrogen and oxygen atoms in total. The molecule has 19 heavy (non-hydrogen) atoms. The number of furan rings is 1. The smallest absolute Gasteiger partial charge is 0.274 e. The molecule has 0 amide bonds. The van der Waals surface area contributed by atoms with E-state index < -0.39 is 15.6 Å². The van der Waals surface area contributed by atoms with Gasteiger partial charge in [0.1, 0.15) is 10.8 Å². The normalized spacial score (nSPS) is 12.8. The molecule has 2 aromatic rings. The maximum atomic E-state index is 12.2. The van der Waals surface area contributed by atoms with Crippen LogP contribution in [-0.4, -0.2) is 13.4 Å². The van der Waals surface area contributed by atoms with E-state index in [9.17, 15) is 8.42 Å². The molecular weight excluding hydrogens is 286 g/mol. The summed E-state index contributed by atoms with van der Waals surface area (Å²) in [5.41, 5.74) is 4.59. The SMILES string of the molecule is CC(C)(NS(=O)(=O)c1ccc(CN)o1)c1nccs1. The van der Waals surface area contributed by atoms with E-state index in [-0.39, 0.29) is 11.6 Å². The van der Waals surface area contributed by atoms with Crippen LogP contribution in [0.1, 0.15) is 24.6 Å². The monoisotopic (exact) mass is 301 g/mol. The van der Waals surface area contributed by atoms with E-state index in [1.807, 2.05) is 0 Å². The number of thiazole rings is 1. The first kappa shape index (κ1) is 14.2. The van der Waals surface area contributed by atoms with E-state index >= 15 is 0 Å². The molecule has 0 bridgehead atoms. The van der Waals surface area contributed by atoms with Gasteiger partial charge in [0, 0.05) is 11.6 Å². The lowest BCUT2D eigenvalue weighted by Crippen LogP contribution is -2.40. The quantitative estimate of drug-likeness (QED) is 0.870. The fraction of sp³-hybridized carbons (Fsp3) is 0.364. The summed E-state index contributed by atoms with van der Waals surface area (Å²) in [5.74, 6) is 0.424. The maximum absolute atomic E-state index is 12.2. The van der Waals surface area contributed by atoms with E-state index in [1.165, 1.54) is 17.4 Å². The highest BCUT2D eigenvalue weighted by Gasteiger charge is 2.31. The molecule has 2 heterocycles. The molecule has 0 aromatic carbocycles. The van der Waals surface area contributed by atoms with Gasteiger partial charge in [-0.3, -0.25) is 0 Å². The highest BCUT2D eigenvalue weighted by Crippen LogP contribution is 2.25. The minimum atomic E-state index is -3.74. The molecular formula is C11H15N3O3S2. The van der Waals surface area contributed by atoms with Crippen LogP contribution in [0.25, 0.3) is 0 Å². The van der Waals surface area contributed by atoms with Gasteiger partial charge in [0.15, 0.2) is 0 Å². The molecule has 0 unspecified atom stereocenters. The highest BCUT2D eigenvalue weighted by molar-refractivity contribution is 7.89. The lowest BCUT2D eigenvalue weighted by Gasteiger charge is -2.22. The van der Waals surface area contributed by atoms with Crippen molar-refractivity contribution in [2.45, 2.75) is 31.0 Å². The van der Waals surface area contributed by atoms with E-state index in [0.29, 0.717) is 10.8 Å². The van der Waals surface area contributed by atoms with Crippen molar-refractivity contribution in [2.75, 3.05) is 0 Å². The molecule has 8 heteroatoms. The Bertz CT molecular complexity index is 645. The predicted octanol–water partition coefficient (Wildman–Crippen LogP) is 1.41. The second kappa shape index (κ2) is 5.04. The third-order valence-corrected chi connectivity index (χ3v) is 5.08. The molecule has 0 aliphatic rings. The van der Waals surface area contributed by atoms with Gasteiger partial charge in [-0.1, -0.05) is 0 Å². The zero-order valence-corrected chi connectivity index (χ0v) is 12.2. The van der Waals surface area contributed by atoms with E-state index in [4.69, 9.17) is 10.2 Å². The Labute approximate surface area is 115 Å². The number of hydrogen-bond donors (Lipinski definition) is 2. The Morgan fingerprint density at radius 3 is 2.74 bits per heavy atom. The minimum absolute atomic E-state index is 0.141. The Morgan fingerprint density at radius 1 is 1.47 bits per heavy atom. The molecule has 0 spiro atoms. The van der Waals surface area contributed by atoms with Gasteiger partial charge in [-0.15, -0.1) is 11.3 Å². The van der Waals surface area contributed by atoms with Crippen LogP contribution in [0.4, 0.5) is 0 Å². The number of hydrogen-bond acceptors (Lipinski definition) is 6. The summed E-state index contributed by atoms with van der Waals surface area (Å²) in [6.45, 7) is 3.65.